The highest BCUT2D eigenvalue weighted by molar-refractivity contribution is 7.89. The quantitative estimate of drug-likeness (QED) is 0.379. The Balaban J connectivity index is 2.85. The lowest BCUT2D eigenvalue weighted by Crippen LogP contribution is -2.47. The minimum absolute atomic E-state index is 0.0487. The third kappa shape index (κ3) is 4.19. The number of sulfonamides is 1. The fourth-order valence-corrected chi connectivity index (χ4v) is 2.56. The van der Waals surface area contributed by atoms with Gasteiger partial charge in [0.05, 0.1) is 17.5 Å². The molecule has 0 radical (unpaired) electrons. The first-order valence-corrected chi connectivity index (χ1v) is 7.14. The van der Waals surface area contributed by atoms with Crippen LogP contribution in [0.1, 0.15) is 13.8 Å². The molecule has 1 aromatic rings. The third-order valence-electron chi connectivity index (χ3n) is 2.31. The van der Waals surface area contributed by atoms with Crippen molar-refractivity contribution in [1.82, 2.24) is 10.1 Å². The molecule has 0 aliphatic heterocycles. The molecule has 0 aliphatic rings. The maximum absolute atomic E-state index is 12.0. The van der Waals surface area contributed by atoms with Crippen LogP contribution in [0, 0.1) is 0 Å². The van der Waals surface area contributed by atoms with Crippen LogP contribution < -0.4 is 20.7 Å². The van der Waals surface area contributed by atoms with Crippen molar-refractivity contribution in [3.05, 3.63) is 24.3 Å². The fraction of sp³-hybridized carbons (Fsp3) is 0.364. The van der Waals surface area contributed by atoms with E-state index in [2.05, 4.69) is 4.72 Å². The molecule has 1 amide bonds. The number of hydrogen-bond donors (Lipinski definition) is 3. The van der Waals surface area contributed by atoms with E-state index in [-0.39, 0.29) is 4.90 Å². The van der Waals surface area contributed by atoms with E-state index in [4.69, 9.17) is 10.6 Å². The maximum Gasteiger partial charge on any atom is 0.251 e. The molecule has 0 spiro atoms. The van der Waals surface area contributed by atoms with Crippen molar-refractivity contribution >= 4 is 15.9 Å². The van der Waals surface area contributed by atoms with Gasteiger partial charge in [-0.25, -0.2) is 14.3 Å². The summed E-state index contributed by atoms with van der Waals surface area (Å²) >= 11 is 0. The topological polar surface area (TPSA) is 111 Å². The second-order valence-corrected chi connectivity index (χ2v) is 5.47. The lowest BCUT2D eigenvalue weighted by Gasteiger charge is -2.12. The van der Waals surface area contributed by atoms with E-state index in [0.29, 0.717) is 12.4 Å². The number of carbonyl (C=O) groups is 1. The van der Waals surface area contributed by atoms with E-state index in [1.54, 1.807) is 12.1 Å². The predicted octanol–water partition coefficient (Wildman–Crippen LogP) is -0.258. The lowest BCUT2D eigenvalue weighted by atomic mass is 10.3. The molecule has 0 aliphatic carbocycles. The number of hydrazine groups is 1. The predicted molar refractivity (Wildman–Crippen MR) is 69.7 cm³/mol. The van der Waals surface area contributed by atoms with Crippen molar-refractivity contribution in [3.63, 3.8) is 0 Å². The van der Waals surface area contributed by atoms with Crippen LogP contribution in [0.15, 0.2) is 29.2 Å². The summed E-state index contributed by atoms with van der Waals surface area (Å²) in [7, 11) is -3.77. The van der Waals surface area contributed by atoms with E-state index in [1.165, 1.54) is 19.1 Å². The molecule has 1 rings (SSSR count). The average Bonchev–Trinajstić information content (AvgIpc) is 2.38. The SMILES string of the molecule is CCOc1ccc(S(=O)(=O)N[C@@H](C)C(=O)NN)cc1. The zero-order chi connectivity index (χ0) is 14.5. The Hall–Kier alpha value is -1.64. The Morgan fingerprint density at radius 3 is 2.42 bits per heavy atom. The number of nitrogens with two attached hydrogens (primary N) is 1. The maximum atomic E-state index is 12.0. The van der Waals surface area contributed by atoms with Gasteiger partial charge in [0.15, 0.2) is 0 Å². The molecule has 0 unspecified atom stereocenters. The molecule has 0 saturated heterocycles. The number of carbonyl (C=O) groups excluding carboxylic acids is 1. The van der Waals surface area contributed by atoms with Gasteiger partial charge >= 0.3 is 0 Å². The molecular weight excluding hydrogens is 270 g/mol. The highest BCUT2D eigenvalue weighted by atomic mass is 32.2. The Morgan fingerprint density at radius 2 is 1.95 bits per heavy atom. The molecule has 1 atom stereocenters. The summed E-state index contributed by atoms with van der Waals surface area (Å²) in [6, 6.07) is 4.94. The molecule has 0 saturated carbocycles. The van der Waals surface area contributed by atoms with Crippen LogP contribution in [0.25, 0.3) is 0 Å². The minimum Gasteiger partial charge on any atom is -0.494 e. The van der Waals surface area contributed by atoms with Crippen molar-refractivity contribution in [2.24, 2.45) is 5.84 Å². The van der Waals surface area contributed by atoms with Gasteiger partial charge in [0, 0.05) is 0 Å². The highest BCUT2D eigenvalue weighted by Crippen LogP contribution is 2.16. The number of ether oxygens (including phenoxy) is 1. The van der Waals surface area contributed by atoms with Gasteiger partial charge < -0.3 is 4.74 Å². The summed E-state index contributed by atoms with van der Waals surface area (Å²) in [4.78, 5) is 11.2. The van der Waals surface area contributed by atoms with Crippen LogP contribution in [0.3, 0.4) is 0 Å². The van der Waals surface area contributed by atoms with Gasteiger partial charge in [-0.05, 0) is 38.1 Å². The minimum atomic E-state index is -3.77. The van der Waals surface area contributed by atoms with Gasteiger partial charge in [-0.2, -0.15) is 4.72 Å². The third-order valence-corrected chi connectivity index (χ3v) is 3.87. The zero-order valence-corrected chi connectivity index (χ0v) is 11.5. The smallest absolute Gasteiger partial charge is 0.251 e. The van der Waals surface area contributed by atoms with Crippen LogP contribution in [0.2, 0.25) is 0 Å². The number of hydrogen-bond acceptors (Lipinski definition) is 5. The van der Waals surface area contributed by atoms with E-state index in [9.17, 15) is 13.2 Å². The summed E-state index contributed by atoms with van der Waals surface area (Å²) in [5.41, 5.74) is 1.88. The molecule has 0 fully saturated rings. The van der Waals surface area contributed by atoms with E-state index < -0.39 is 22.0 Å². The molecule has 106 valence electrons. The largest absolute Gasteiger partial charge is 0.494 e. The van der Waals surface area contributed by atoms with Gasteiger partial charge in [-0.15, -0.1) is 0 Å². The number of rotatable bonds is 6. The summed E-state index contributed by atoms with van der Waals surface area (Å²) < 4.78 is 31.3. The van der Waals surface area contributed by atoms with Crippen LogP contribution in [0.4, 0.5) is 0 Å². The molecule has 8 heteroatoms. The van der Waals surface area contributed by atoms with Crippen LogP contribution in [-0.4, -0.2) is 27.0 Å². The monoisotopic (exact) mass is 287 g/mol. The fourth-order valence-electron chi connectivity index (χ4n) is 1.36. The van der Waals surface area contributed by atoms with Crippen molar-refractivity contribution in [2.45, 2.75) is 24.8 Å². The standard InChI is InChI=1S/C11H17N3O4S/c1-3-18-9-4-6-10(7-5-9)19(16,17)14-8(2)11(15)13-12/h4-8,14H,3,12H2,1-2H3,(H,13,15)/t8-/m0/s1. The summed E-state index contributed by atoms with van der Waals surface area (Å²) in [6.45, 7) is 3.73. The van der Waals surface area contributed by atoms with E-state index in [1.807, 2.05) is 12.3 Å². The van der Waals surface area contributed by atoms with Gasteiger partial charge in [0.2, 0.25) is 10.0 Å². The van der Waals surface area contributed by atoms with Crippen molar-refractivity contribution < 1.29 is 17.9 Å². The second kappa shape index (κ2) is 6.50. The Bertz CT molecular complexity index is 527. The van der Waals surface area contributed by atoms with Gasteiger partial charge in [-0.3, -0.25) is 10.2 Å². The van der Waals surface area contributed by atoms with Crippen molar-refractivity contribution in [1.29, 1.82) is 0 Å². The molecule has 0 heterocycles. The highest BCUT2D eigenvalue weighted by Gasteiger charge is 2.21. The summed E-state index contributed by atoms with van der Waals surface area (Å²) in [5, 5.41) is 0. The molecule has 19 heavy (non-hydrogen) atoms. The lowest BCUT2D eigenvalue weighted by molar-refractivity contribution is -0.122. The zero-order valence-electron chi connectivity index (χ0n) is 10.7. The first kappa shape index (κ1) is 15.4. The first-order chi connectivity index (χ1) is 8.90. The Labute approximate surface area is 112 Å². The average molecular weight is 287 g/mol. The van der Waals surface area contributed by atoms with Gasteiger partial charge in [0.25, 0.3) is 5.91 Å². The Kier molecular flexibility index (Phi) is 5.28. The van der Waals surface area contributed by atoms with Crippen LogP contribution in [-0.2, 0) is 14.8 Å². The normalized spacial score (nSPS) is 12.8. The number of amides is 1. The number of nitrogens with one attached hydrogen (secondary N) is 2. The second-order valence-electron chi connectivity index (χ2n) is 3.76. The molecule has 7 nitrogen and oxygen atoms in total. The van der Waals surface area contributed by atoms with Crippen molar-refractivity contribution in [3.8, 4) is 5.75 Å². The molecule has 0 bridgehead atoms. The van der Waals surface area contributed by atoms with Gasteiger partial charge in [0.1, 0.15) is 5.75 Å². The summed E-state index contributed by atoms with van der Waals surface area (Å²) in [5.74, 6) is 4.89. The molecule has 4 N–H and O–H groups in total. The number of benzene rings is 1. The molecular formula is C11H17N3O4S. The first-order valence-electron chi connectivity index (χ1n) is 5.66. The van der Waals surface area contributed by atoms with E-state index >= 15 is 0 Å². The summed E-state index contributed by atoms with van der Waals surface area (Å²) in [6.07, 6.45) is 0. The van der Waals surface area contributed by atoms with Crippen LogP contribution in [0.5, 0.6) is 5.75 Å². The molecule has 0 aromatic heterocycles. The van der Waals surface area contributed by atoms with E-state index in [0.717, 1.165) is 0 Å². The Morgan fingerprint density at radius 1 is 1.37 bits per heavy atom. The van der Waals surface area contributed by atoms with Gasteiger partial charge in [-0.1, -0.05) is 0 Å². The van der Waals surface area contributed by atoms with Crippen molar-refractivity contribution in [2.75, 3.05) is 6.61 Å². The van der Waals surface area contributed by atoms with Crippen LogP contribution >= 0.6 is 0 Å². The molecule has 1 aromatic carbocycles.